The van der Waals surface area contributed by atoms with Crippen LogP contribution in [0.5, 0.6) is 0 Å². The maximum Gasteiger partial charge on any atom is 0.328 e. The number of allylic oxidation sites excluding steroid dienone is 7. The summed E-state index contributed by atoms with van der Waals surface area (Å²) in [7, 11) is 1.45. The number of carbonyl (C=O) groups is 5. The van der Waals surface area contributed by atoms with E-state index in [4.69, 9.17) is 9.47 Å². The smallest absolute Gasteiger partial charge is 0.328 e. The molecule has 5 unspecified atom stereocenters. The van der Waals surface area contributed by atoms with E-state index >= 15 is 0 Å². The van der Waals surface area contributed by atoms with Crippen molar-refractivity contribution < 1.29 is 43.7 Å². The van der Waals surface area contributed by atoms with Crippen LogP contribution in [0.15, 0.2) is 71.2 Å². The van der Waals surface area contributed by atoms with Gasteiger partial charge in [-0.3, -0.25) is 19.2 Å². The van der Waals surface area contributed by atoms with Crippen LogP contribution in [0.1, 0.15) is 78.6 Å². The fourth-order valence-electron chi connectivity index (χ4n) is 5.81. The van der Waals surface area contributed by atoms with E-state index in [1.165, 1.54) is 7.11 Å². The lowest BCUT2D eigenvalue weighted by molar-refractivity contribution is -0.155. The summed E-state index contributed by atoms with van der Waals surface area (Å²) in [5.41, 5.74) is 0.264. The molecule has 4 N–H and O–H groups in total. The van der Waals surface area contributed by atoms with Crippen LogP contribution in [0, 0.1) is 11.8 Å². The van der Waals surface area contributed by atoms with Crippen molar-refractivity contribution in [3.63, 3.8) is 0 Å². The number of aliphatic hydroxyl groups excluding tert-OH is 2. The van der Waals surface area contributed by atoms with Crippen LogP contribution in [0.2, 0.25) is 0 Å². The summed E-state index contributed by atoms with van der Waals surface area (Å²) >= 11 is 0. The first kappa shape index (κ1) is 37.4. The fourth-order valence-corrected chi connectivity index (χ4v) is 5.81. The summed E-state index contributed by atoms with van der Waals surface area (Å²) in [6.45, 7) is 5.06. The maximum absolute atomic E-state index is 13.2. The second-order valence-corrected chi connectivity index (χ2v) is 12.4. The number of ether oxygens (including phenoxy) is 2. The van der Waals surface area contributed by atoms with E-state index in [0.717, 1.165) is 38.2 Å². The average molecular weight is 653 g/mol. The van der Waals surface area contributed by atoms with Gasteiger partial charge in [-0.25, -0.2) is 4.79 Å². The minimum absolute atomic E-state index is 0.0375. The summed E-state index contributed by atoms with van der Waals surface area (Å²) in [6.07, 6.45) is 15.6. The van der Waals surface area contributed by atoms with Crippen LogP contribution >= 0.6 is 0 Å². The SMILES string of the molecule is COC1/C=C/C=C/C=C/CC(O)C(C)C(OC(=O)C(C)NC(=O)C2CCCCC2)/C(C)=C/CCC2=C(O)C(=CC(=O)C2=O)NC(=O)C1. The van der Waals surface area contributed by atoms with Crippen molar-refractivity contribution in [2.75, 3.05) is 7.11 Å². The number of nitrogens with one attached hydrogen (secondary N) is 2. The second kappa shape index (κ2) is 18.3. The molecule has 0 aromatic carbocycles. The van der Waals surface area contributed by atoms with Crippen molar-refractivity contribution >= 4 is 29.4 Å². The van der Waals surface area contributed by atoms with E-state index < -0.39 is 59.5 Å². The molecule has 2 aliphatic carbocycles. The number of carbonyl (C=O) groups excluding carboxylic acids is 5. The highest BCUT2D eigenvalue weighted by Crippen LogP contribution is 2.27. The predicted octanol–water partition coefficient (Wildman–Crippen LogP) is 4.15. The third-order valence-corrected chi connectivity index (χ3v) is 8.78. The third kappa shape index (κ3) is 11.0. The molecule has 0 aromatic rings. The Morgan fingerprint density at radius 1 is 1.06 bits per heavy atom. The number of methoxy groups -OCH3 is 1. The minimum atomic E-state index is -0.907. The van der Waals surface area contributed by atoms with Crippen LogP contribution in [-0.4, -0.2) is 71.0 Å². The highest BCUT2D eigenvalue weighted by Gasteiger charge is 2.33. The van der Waals surface area contributed by atoms with Crippen molar-refractivity contribution in [2.45, 2.75) is 103 Å². The van der Waals surface area contributed by atoms with Gasteiger partial charge >= 0.3 is 5.97 Å². The van der Waals surface area contributed by atoms with E-state index in [1.54, 1.807) is 63.3 Å². The number of Topliss-reactive ketones (excluding diaryl/α,β-unsaturated/α-hetero) is 1. The molecule has 47 heavy (non-hydrogen) atoms. The molecular formula is C36H48N2O9. The Bertz CT molecular complexity index is 1360. The number of amides is 2. The number of ketones is 2. The maximum atomic E-state index is 13.2. The van der Waals surface area contributed by atoms with Crippen LogP contribution in [0.3, 0.4) is 0 Å². The number of hydrogen-bond acceptors (Lipinski definition) is 9. The van der Waals surface area contributed by atoms with Gasteiger partial charge in [-0.1, -0.05) is 68.7 Å². The molecule has 0 aromatic heterocycles. The van der Waals surface area contributed by atoms with Crippen molar-refractivity contribution in [3.05, 3.63) is 71.2 Å². The zero-order valence-corrected chi connectivity index (χ0v) is 27.7. The molecule has 0 saturated heterocycles. The van der Waals surface area contributed by atoms with Crippen LogP contribution in [0.4, 0.5) is 0 Å². The van der Waals surface area contributed by atoms with Gasteiger partial charge in [0.1, 0.15) is 17.9 Å². The lowest BCUT2D eigenvalue weighted by Gasteiger charge is -2.30. The molecule has 1 heterocycles. The molecule has 256 valence electrons. The summed E-state index contributed by atoms with van der Waals surface area (Å²) in [4.78, 5) is 63.9. The minimum Gasteiger partial charge on any atom is -0.505 e. The first-order chi connectivity index (χ1) is 22.4. The number of rotatable bonds is 5. The molecule has 5 atom stereocenters. The predicted molar refractivity (Wildman–Crippen MR) is 176 cm³/mol. The lowest BCUT2D eigenvalue weighted by Crippen LogP contribution is -2.45. The van der Waals surface area contributed by atoms with E-state index in [2.05, 4.69) is 10.6 Å². The van der Waals surface area contributed by atoms with Gasteiger partial charge in [0.2, 0.25) is 23.4 Å². The Balaban J connectivity index is 1.87. The Morgan fingerprint density at radius 3 is 2.47 bits per heavy atom. The van der Waals surface area contributed by atoms with Gasteiger partial charge in [-0.05, 0) is 51.5 Å². The monoisotopic (exact) mass is 652 g/mol. The van der Waals surface area contributed by atoms with Crippen molar-refractivity contribution in [3.8, 4) is 0 Å². The van der Waals surface area contributed by atoms with Gasteiger partial charge in [0, 0.05) is 30.6 Å². The Morgan fingerprint density at radius 2 is 1.77 bits per heavy atom. The molecule has 1 aliphatic heterocycles. The Labute approximate surface area is 276 Å². The first-order valence-corrected chi connectivity index (χ1v) is 16.3. The largest absolute Gasteiger partial charge is 0.505 e. The second-order valence-electron chi connectivity index (χ2n) is 12.4. The van der Waals surface area contributed by atoms with Gasteiger partial charge in [0.25, 0.3) is 0 Å². The van der Waals surface area contributed by atoms with Gasteiger partial charge < -0.3 is 30.3 Å². The molecule has 11 heteroatoms. The highest BCUT2D eigenvalue weighted by molar-refractivity contribution is 6.48. The van der Waals surface area contributed by atoms with Crippen molar-refractivity contribution in [2.24, 2.45) is 11.8 Å². The quantitative estimate of drug-likeness (QED) is 0.148. The molecular weight excluding hydrogens is 604 g/mol. The highest BCUT2D eigenvalue weighted by atomic mass is 16.5. The molecule has 1 saturated carbocycles. The van der Waals surface area contributed by atoms with Crippen LogP contribution in [0.25, 0.3) is 0 Å². The van der Waals surface area contributed by atoms with Crippen LogP contribution in [-0.2, 0) is 33.4 Å². The number of aliphatic hydroxyl groups is 2. The molecule has 0 radical (unpaired) electrons. The topological polar surface area (TPSA) is 168 Å². The van der Waals surface area contributed by atoms with E-state index in [0.29, 0.717) is 5.57 Å². The summed E-state index contributed by atoms with van der Waals surface area (Å²) < 4.78 is 11.3. The molecule has 1 fully saturated rings. The summed E-state index contributed by atoms with van der Waals surface area (Å²) in [5, 5.41) is 27.2. The van der Waals surface area contributed by atoms with Gasteiger partial charge in [0.15, 0.2) is 0 Å². The van der Waals surface area contributed by atoms with Crippen molar-refractivity contribution in [1.82, 2.24) is 10.6 Å². The first-order valence-electron chi connectivity index (χ1n) is 16.3. The van der Waals surface area contributed by atoms with Gasteiger partial charge in [0.05, 0.1) is 24.3 Å². The van der Waals surface area contributed by atoms with E-state index in [-0.39, 0.29) is 48.8 Å². The zero-order valence-electron chi connectivity index (χ0n) is 27.7. The van der Waals surface area contributed by atoms with Gasteiger partial charge in [-0.2, -0.15) is 0 Å². The average Bonchev–Trinajstić information content (AvgIpc) is 3.05. The third-order valence-electron chi connectivity index (χ3n) is 8.78. The lowest BCUT2D eigenvalue weighted by atomic mass is 9.88. The number of hydrogen-bond donors (Lipinski definition) is 4. The molecule has 3 aliphatic rings. The standard InChI is InChI=1S/C36H48N2O9/c1-22-14-13-18-27-32(42)28(21-30(40)33(27)43)38-31(41)20-26(46-4)17-11-6-5-7-12-19-29(39)23(2)34(22)47-36(45)24(3)37-35(44)25-15-9-8-10-16-25/h5-7,11-12,14,17,21,23-26,29,34,39,42H,8-10,13,15-16,18-20H2,1-4H3,(H,37,44)(H,38,41)/b6-5+,12-7+,17-11+,22-14+. The van der Waals surface area contributed by atoms with E-state index in [9.17, 15) is 34.2 Å². The number of esters is 1. The van der Waals surface area contributed by atoms with Gasteiger partial charge in [-0.15, -0.1) is 0 Å². The van der Waals surface area contributed by atoms with Crippen LogP contribution < -0.4 is 10.6 Å². The normalized spacial score (nSPS) is 29.6. The summed E-state index contributed by atoms with van der Waals surface area (Å²) in [6, 6.07) is -0.907. The molecule has 11 nitrogen and oxygen atoms in total. The van der Waals surface area contributed by atoms with E-state index in [1.807, 2.05) is 0 Å². The van der Waals surface area contributed by atoms with Crippen molar-refractivity contribution in [1.29, 1.82) is 0 Å². The zero-order chi connectivity index (χ0) is 34.5. The summed E-state index contributed by atoms with van der Waals surface area (Å²) in [5.74, 6) is -4.27. The fraction of sp³-hybridized carbons (Fsp3) is 0.528. The molecule has 0 spiro atoms. The molecule has 3 rings (SSSR count). The Hall–Kier alpha value is -4.09. The molecule has 2 amide bonds. The number of fused-ring (bicyclic) bond motifs is 1. The molecule has 2 bridgehead atoms. The Kier molecular flexibility index (Phi) is 14.6.